The van der Waals surface area contributed by atoms with Gasteiger partial charge in [-0.05, 0) is 55.7 Å². The monoisotopic (exact) mass is 309 g/mol. The molecule has 1 aromatic carbocycles. The fraction of sp³-hybridized carbons (Fsp3) is 0.278. The van der Waals surface area contributed by atoms with Gasteiger partial charge in [-0.1, -0.05) is 0 Å². The second kappa shape index (κ2) is 7.95. The molecule has 1 aromatic heterocycles. The Morgan fingerprint density at radius 2 is 1.96 bits per heavy atom. The van der Waals surface area contributed by atoms with E-state index in [0.717, 1.165) is 12.0 Å². The minimum absolute atomic E-state index is 0.00738. The first-order valence-electron chi connectivity index (χ1n) is 7.55. The smallest absolute Gasteiger partial charge is 0.250 e. The van der Waals surface area contributed by atoms with Crippen molar-refractivity contribution in [2.45, 2.75) is 32.7 Å². The molecule has 5 nitrogen and oxygen atoms in total. The van der Waals surface area contributed by atoms with Crippen LogP contribution in [0.3, 0.4) is 0 Å². The molecule has 0 aliphatic heterocycles. The number of aryl methyl sites for hydroxylation is 2. The van der Waals surface area contributed by atoms with Crippen molar-refractivity contribution >= 4 is 11.6 Å². The number of rotatable bonds is 6. The number of aromatic nitrogens is 1. The molecule has 2 aromatic rings. The van der Waals surface area contributed by atoms with Gasteiger partial charge in [0.1, 0.15) is 0 Å². The van der Waals surface area contributed by atoms with Crippen LogP contribution in [0.1, 0.15) is 30.4 Å². The number of anilines is 1. The van der Waals surface area contributed by atoms with Crippen molar-refractivity contribution in [3.63, 3.8) is 0 Å². The van der Waals surface area contributed by atoms with Crippen molar-refractivity contribution in [3.8, 4) is 6.07 Å². The molecule has 1 N–H and O–H groups in total. The zero-order valence-corrected chi connectivity index (χ0v) is 13.1. The lowest BCUT2D eigenvalue weighted by Crippen LogP contribution is -2.19. The first-order chi connectivity index (χ1) is 11.1. The molecule has 2 rings (SSSR count). The Bertz CT molecular complexity index is 770. The van der Waals surface area contributed by atoms with Crippen molar-refractivity contribution in [2.75, 3.05) is 5.32 Å². The highest BCUT2D eigenvalue weighted by Crippen LogP contribution is 2.10. The van der Waals surface area contributed by atoms with E-state index in [4.69, 9.17) is 5.26 Å². The molecule has 1 amide bonds. The summed E-state index contributed by atoms with van der Waals surface area (Å²) in [6.07, 6.45) is 3.67. The van der Waals surface area contributed by atoms with Crippen LogP contribution in [0, 0.1) is 18.3 Å². The van der Waals surface area contributed by atoms with E-state index >= 15 is 0 Å². The van der Waals surface area contributed by atoms with Crippen LogP contribution < -0.4 is 10.9 Å². The van der Waals surface area contributed by atoms with Crippen LogP contribution in [0.25, 0.3) is 0 Å². The molecule has 0 spiro atoms. The molecule has 0 aliphatic carbocycles. The number of carbonyl (C=O) groups excluding carboxylic acids is 1. The van der Waals surface area contributed by atoms with Crippen molar-refractivity contribution in [1.82, 2.24) is 4.57 Å². The quantitative estimate of drug-likeness (QED) is 0.834. The fourth-order valence-electron chi connectivity index (χ4n) is 2.21. The van der Waals surface area contributed by atoms with Crippen molar-refractivity contribution in [3.05, 3.63) is 64.1 Å². The van der Waals surface area contributed by atoms with Crippen LogP contribution in [0.4, 0.5) is 5.69 Å². The van der Waals surface area contributed by atoms with E-state index in [0.29, 0.717) is 30.6 Å². The lowest BCUT2D eigenvalue weighted by atomic mass is 10.2. The highest BCUT2D eigenvalue weighted by molar-refractivity contribution is 5.90. The molecule has 0 aliphatic rings. The lowest BCUT2D eigenvalue weighted by molar-refractivity contribution is -0.116. The average Bonchev–Trinajstić information content (AvgIpc) is 2.54. The largest absolute Gasteiger partial charge is 0.326 e. The van der Waals surface area contributed by atoms with Gasteiger partial charge in [-0.15, -0.1) is 0 Å². The number of unbranched alkanes of at least 4 members (excludes halogenated alkanes) is 1. The van der Waals surface area contributed by atoms with Gasteiger partial charge in [-0.3, -0.25) is 9.59 Å². The Labute approximate surface area is 135 Å². The Morgan fingerprint density at radius 3 is 2.61 bits per heavy atom. The standard InChI is InChI=1S/C18H19N3O2/c1-14-9-11-21(18(23)12-14)10-3-2-4-17(22)20-16-7-5-15(13-19)6-8-16/h5-9,11-12H,2-4,10H2,1H3,(H,20,22). The molecule has 0 saturated heterocycles. The molecule has 0 fully saturated rings. The Kier molecular flexibility index (Phi) is 5.70. The van der Waals surface area contributed by atoms with Gasteiger partial charge in [-0.25, -0.2) is 0 Å². The van der Waals surface area contributed by atoms with E-state index in [-0.39, 0.29) is 11.5 Å². The minimum Gasteiger partial charge on any atom is -0.326 e. The normalized spacial score (nSPS) is 10.1. The minimum atomic E-state index is -0.0639. The van der Waals surface area contributed by atoms with E-state index in [9.17, 15) is 9.59 Å². The predicted molar refractivity (Wildman–Crippen MR) is 89.1 cm³/mol. The number of carbonyl (C=O) groups is 1. The summed E-state index contributed by atoms with van der Waals surface area (Å²) in [5.41, 5.74) is 2.19. The van der Waals surface area contributed by atoms with Crippen LogP contribution in [-0.2, 0) is 11.3 Å². The second-order valence-electron chi connectivity index (χ2n) is 5.43. The molecule has 23 heavy (non-hydrogen) atoms. The third-order valence-corrected chi connectivity index (χ3v) is 3.50. The first kappa shape index (κ1) is 16.5. The number of hydrogen-bond acceptors (Lipinski definition) is 3. The van der Waals surface area contributed by atoms with Crippen molar-refractivity contribution in [1.29, 1.82) is 5.26 Å². The van der Waals surface area contributed by atoms with E-state index in [1.54, 1.807) is 41.1 Å². The van der Waals surface area contributed by atoms with Crippen LogP contribution >= 0.6 is 0 Å². The SMILES string of the molecule is Cc1ccn(CCCCC(=O)Nc2ccc(C#N)cc2)c(=O)c1. The Hall–Kier alpha value is -2.87. The maximum Gasteiger partial charge on any atom is 0.250 e. The zero-order chi connectivity index (χ0) is 16.7. The van der Waals surface area contributed by atoms with Gasteiger partial charge in [-0.2, -0.15) is 5.26 Å². The number of hydrogen-bond donors (Lipinski definition) is 1. The maximum absolute atomic E-state index is 11.8. The highest BCUT2D eigenvalue weighted by atomic mass is 16.1. The molecular weight excluding hydrogens is 290 g/mol. The first-order valence-corrected chi connectivity index (χ1v) is 7.55. The predicted octanol–water partition coefficient (Wildman–Crippen LogP) is 2.84. The van der Waals surface area contributed by atoms with Crippen LogP contribution in [0.15, 0.2) is 47.4 Å². The summed E-state index contributed by atoms with van der Waals surface area (Å²) in [5, 5.41) is 11.5. The van der Waals surface area contributed by atoms with Crippen molar-refractivity contribution < 1.29 is 4.79 Å². The van der Waals surface area contributed by atoms with Crippen molar-refractivity contribution in [2.24, 2.45) is 0 Å². The topological polar surface area (TPSA) is 74.9 Å². The Morgan fingerprint density at radius 1 is 1.22 bits per heavy atom. The number of amides is 1. The number of nitrogens with zero attached hydrogens (tertiary/aromatic N) is 2. The molecule has 0 atom stereocenters. The fourth-order valence-corrected chi connectivity index (χ4v) is 2.21. The van der Waals surface area contributed by atoms with E-state index in [1.165, 1.54) is 0 Å². The lowest BCUT2D eigenvalue weighted by Gasteiger charge is -2.07. The molecule has 0 radical (unpaired) electrons. The number of nitrogens with one attached hydrogen (secondary N) is 1. The summed E-state index contributed by atoms with van der Waals surface area (Å²) in [7, 11) is 0. The third kappa shape index (κ3) is 5.11. The highest BCUT2D eigenvalue weighted by Gasteiger charge is 2.03. The average molecular weight is 309 g/mol. The molecule has 5 heteroatoms. The molecular formula is C18H19N3O2. The molecule has 0 saturated carbocycles. The van der Waals surface area contributed by atoms with E-state index in [2.05, 4.69) is 5.32 Å². The molecule has 118 valence electrons. The number of benzene rings is 1. The van der Waals surface area contributed by atoms with Gasteiger partial charge in [0.2, 0.25) is 5.91 Å². The Balaban J connectivity index is 1.74. The van der Waals surface area contributed by atoms with Gasteiger partial charge in [0.15, 0.2) is 0 Å². The van der Waals surface area contributed by atoms with Gasteiger partial charge in [0, 0.05) is 30.9 Å². The van der Waals surface area contributed by atoms with Gasteiger partial charge < -0.3 is 9.88 Å². The van der Waals surface area contributed by atoms with Gasteiger partial charge >= 0.3 is 0 Å². The summed E-state index contributed by atoms with van der Waals surface area (Å²) in [6.45, 7) is 2.50. The summed E-state index contributed by atoms with van der Waals surface area (Å²) in [5.74, 6) is -0.0639. The molecule has 0 unspecified atom stereocenters. The van der Waals surface area contributed by atoms with Gasteiger partial charge in [0.05, 0.1) is 11.6 Å². The number of nitriles is 1. The summed E-state index contributed by atoms with van der Waals surface area (Å²) < 4.78 is 1.66. The number of pyridine rings is 1. The second-order valence-corrected chi connectivity index (χ2v) is 5.43. The maximum atomic E-state index is 11.8. The summed E-state index contributed by atoms with van der Waals surface area (Å²) >= 11 is 0. The summed E-state index contributed by atoms with van der Waals surface area (Å²) in [6, 6.07) is 12.3. The van der Waals surface area contributed by atoms with Gasteiger partial charge in [0.25, 0.3) is 5.56 Å². The van der Waals surface area contributed by atoms with E-state index in [1.807, 2.05) is 19.1 Å². The zero-order valence-electron chi connectivity index (χ0n) is 13.1. The van der Waals surface area contributed by atoms with Crippen LogP contribution in [0.5, 0.6) is 0 Å². The summed E-state index contributed by atoms with van der Waals surface area (Å²) in [4.78, 5) is 23.6. The third-order valence-electron chi connectivity index (χ3n) is 3.50. The molecule has 0 bridgehead atoms. The van der Waals surface area contributed by atoms with Crippen LogP contribution in [0.2, 0.25) is 0 Å². The van der Waals surface area contributed by atoms with Crippen LogP contribution in [-0.4, -0.2) is 10.5 Å². The van der Waals surface area contributed by atoms with E-state index < -0.39 is 0 Å². The molecule has 1 heterocycles.